The first kappa shape index (κ1) is 15.7. The molecule has 0 bridgehead atoms. The molecule has 0 fully saturated rings. The van der Waals surface area contributed by atoms with Gasteiger partial charge in [-0.1, -0.05) is 0 Å². The first-order chi connectivity index (χ1) is 9.75. The molecule has 104 valence electrons. The van der Waals surface area contributed by atoms with Gasteiger partial charge >= 0.3 is 115 Å². The number of rotatable bonds is 3. The zero-order valence-corrected chi connectivity index (χ0v) is 15.1. The number of hydrogen-bond acceptors (Lipinski definition) is 1. The van der Waals surface area contributed by atoms with Crippen LogP contribution in [0.5, 0.6) is 0 Å². The minimum Gasteiger partial charge on any atom is -0.323 e. The fourth-order valence-corrected chi connectivity index (χ4v) is 6.83. The van der Waals surface area contributed by atoms with Gasteiger partial charge in [-0.05, 0) is 14.1 Å². The average molecular weight is 345 g/mol. The van der Waals surface area contributed by atoms with Crippen molar-refractivity contribution in [2.24, 2.45) is 0 Å². The molecule has 0 amide bonds. The van der Waals surface area contributed by atoms with Gasteiger partial charge in [-0.3, -0.25) is 0 Å². The summed E-state index contributed by atoms with van der Waals surface area (Å²) in [6, 6.07) is 8.93. The molecule has 2 aliphatic carbocycles. The van der Waals surface area contributed by atoms with E-state index in [9.17, 15) is 0 Å². The predicted octanol–water partition coefficient (Wildman–Crippen LogP) is 4.08. The molecule has 0 aliphatic heterocycles. The Labute approximate surface area is 134 Å². The third-order valence-electron chi connectivity index (χ3n) is 3.70. The molecule has 0 saturated heterocycles. The van der Waals surface area contributed by atoms with E-state index in [0.29, 0.717) is 3.12 Å². The van der Waals surface area contributed by atoms with Gasteiger partial charge in [-0.2, -0.15) is 0 Å². The summed E-state index contributed by atoms with van der Waals surface area (Å²) in [6.07, 6.45) is 14.2. The molecular weight excluding hydrogens is 321 g/mol. The quantitative estimate of drug-likeness (QED) is 0.871. The second kappa shape index (κ2) is 7.34. The van der Waals surface area contributed by atoms with Gasteiger partial charge in [0.15, 0.2) is 0 Å². The van der Waals surface area contributed by atoms with Gasteiger partial charge in [0.25, 0.3) is 0 Å². The Morgan fingerprint density at radius 3 is 2.65 bits per heavy atom. The van der Waals surface area contributed by atoms with Gasteiger partial charge in [-0.25, -0.2) is 0 Å². The van der Waals surface area contributed by atoms with E-state index in [1.807, 2.05) is 14.1 Å². The summed E-state index contributed by atoms with van der Waals surface area (Å²) in [4.78, 5) is 0. The van der Waals surface area contributed by atoms with Crippen molar-refractivity contribution < 1.29 is 23.2 Å². The number of fused-ring (bicyclic) bond motifs is 1. The first-order valence-electron chi connectivity index (χ1n) is 7.27. The van der Waals surface area contributed by atoms with Gasteiger partial charge in [0.1, 0.15) is 0 Å². The molecule has 1 nitrogen and oxygen atoms in total. The van der Waals surface area contributed by atoms with Crippen LogP contribution in [0.1, 0.15) is 30.9 Å². The van der Waals surface area contributed by atoms with Crippen LogP contribution < -0.4 is 5.32 Å². The van der Waals surface area contributed by atoms with Crippen LogP contribution in [0.2, 0.25) is 0 Å². The zero-order chi connectivity index (χ0) is 14.4. The van der Waals surface area contributed by atoms with Crippen LogP contribution in [0, 0.1) is 0 Å². The average Bonchev–Trinajstić information content (AvgIpc) is 3.09. The fraction of sp³-hybridized carbons (Fsp3) is 0.333. The second-order valence-corrected chi connectivity index (χ2v) is 9.58. The topological polar surface area (TPSA) is 12.0 Å². The molecule has 1 atom stereocenters. The van der Waals surface area contributed by atoms with Crippen molar-refractivity contribution in [3.05, 3.63) is 63.0 Å². The number of benzene rings is 1. The Morgan fingerprint density at radius 2 is 2.00 bits per heavy atom. The van der Waals surface area contributed by atoms with E-state index in [1.165, 1.54) is 18.4 Å². The normalized spacial score (nSPS) is 22.1. The molecule has 0 saturated carbocycles. The van der Waals surface area contributed by atoms with Crippen molar-refractivity contribution in [2.75, 3.05) is 14.1 Å². The summed E-state index contributed by atoms with van der Waals surface area (Å²) in [7, 11) is 3.75. The molecule has 1 aromatic rings. The molecule has 1 aromatic carbocycles. The molecular formula is C18H23NZr. The van der Waals surface area contributed by atoms with E-state index in [1.54, 1.807) is 8.84 Å². The SMILES string of the molecule is CC[C]1([Zr][C]2=CC=CC2)C=Cc2ccccc21.CNC. The Bertz CT molecular complexity index is 542. The maximum absolute atomic E-state index is 2.75. The molecule has 0 spiro atoms. The summed E-state index contributed by atoms with van der Waals surface area (Å²) >= 11 is -0.555. The first-order valence-corrected chi connectivity index (χ1v) is 9.72. The Kier molecular flexibility index (Phi) is 5.75. The van der Waals surface area contributed by atoms with Crippen molar-refractivity contribution in [3.63, 3.8) is 0 Å². The van der Waals surface area contributed by atoms with E-state index in [-0.39, 0.29) is 0 Å². The van der Waals surface area contributed by atoms with Crippen LogP contribution in [-0.4, -0.2) is 14.1 Å². The zero-order valence-electron chi connectivity index (χ0n) is 12.6. The fourth-order valence-electron chi connectivity index (χ4n) is 2.70. The monoisotopic (exact) mass is 343 g/mol. The van der Waals surface area contributed by atoms with E-state index >= 15 is 0 Å². The molecule has 1 unspecified atom stereocenters. The number of hydrogen-bond donors (Lipinski definition) is 1. The summed E-state index contributed by atoms with van der Waals surface area (Å²) in [5.74, 6) is 0. The van der Waals surface area contributed by atoms with Gasteiger partial charge in [0, 0.05) is 0 Å². The van der Waals surface area contributed by atoms with Crippen molar-refractivity contribution in [1.29, 1.82) is 0 Å². The van der Waals surface area contributed by atoms with Crippen LogP contribution >= 0.6 is 0 Å². The van der Waals surface area contributed by atoms with Crippen LogP contribution in [0.4, 0.5) is 0 Å². The Morgan fingerprint density at radius 1 is 1.25 bits per heavy atom. The molecule has 0 aromatic heterocycles. The summed E-state index contributed by atoms with van der Waals surface area (Å²) in [5.41, 5.74) is 3.03. The maximum Gasteiger partial charge on any atom is -0.0167 e. The van der Waals surface area contributed by atoms with Crippen LogP contribution in [0.3, 0.4) is 0 Å². The third-order valence-corrected chi connectivity index (χ3v) is 8.44. The third kappa shape index (κ3) is 3.30. The van der Waals surface area contributed by atoms with Gasteiger partial charge in [0.2, 0.25) is 0 Å². The van der Waals surface area contributed by atoms with Crippen LogP contribution in [-0.2, 0) is 26.4 Å². The van der Waals surface area contributed by atoms with Gasteiger partial charge in [0.05, 0.1) is 0 Å². The molecule has 20 heavy (non-hydrogen) atoms. The number of allylic oxidation sites excluding steroid dienone is 5. The minimum absolute atomic E-state index is 0.414. The minimum atomic E-state index is -0.555. The van der Waals surface area contributed by atoms with E-state index in [4.69, 9.17) is 0 Å². The molecule has 3 rings (SSSR count). The Hall–Kier alpha value is -0.717. The molecule has 2 aliphatic rings. The van der Waals surface area contributed by atoms with Crippen molar-refractivity contribution in [2.45, 2.75) is 22.9 Å². The van der Waals surface area contributed by atoms with Crippen molar-refractivity contribution in [1.82, 2.24) is 5.32 Å². The predicted molar refractivity (Wildman–Crippen MR) is 84.3 cm³/mol. The number of nitrogens with one attached hydrogen (secondary N) is 1. The summed E-state index contributed by atoms with van der Waals surface area (Å²) in [5, 5.41) is 2.75. The van der Waals surface area contributed by atoms with Crippen molar-refractivity contribution in [3.8, 4) is 0 Å². The molecule has 0 radical (unpaired) electrons. The summed E-state index contributed by atoms with van der Waals surface area (Å²) < 4.78 is 2.15. The van der Waals surface area contributed by atoms with Crippen LogP contribution in [0.25, 0.3) is 6.08 Å². The smallest absolute Gasteiger partial charge is 0.0167 e. The van der Waals surface area contributed by atoms with Crippen molar-refractivity contribution >= 4 is 6.08 Å². The van der Waals surface area contributed by atoms with E-state index in [2.05, 4.69) is 66.9 Å². The molecule has 2 heteroatoms. The maximum atomic E-state index is 2.75. The molecule has 1 N–H and O–H groups in total. The van der Waals surface area contributed by atoms with Gasteiger partial charge < -0.3 is 5.32 Å². The molecule has 0 heterocycles. The second-order valence-electron chi connectivity index (χ2n) is 5.19. The van der Waals surface area contributed by atoms with E-state index < -0.39 is 23.2 Å². The Balaban J connectivity index is 0.000000452. The summed E-state index contributed by atoms with van der Waals surface area (Å²) in [6.45, 7) is 2.34. The largest absolute Gasteiger partial charge is 0.323 e. The van der Waals surface area contributed by atoms with Gasteiger partial charge in [-0.15, -0.1) is 0 Å². The van der Waals surface area contributed by atoms with E-state index in [0.717, 1.165) is 0 Å². The van der Waals surface area contributed by atoms with Crippen LogP contribution in [0.15, 0.2) is 51.9 Å². The standard InChI is InChI=1S/C11H11.C5H5.C2H7N.Zr/c1-2-9-7-8-10-5-3-4-6-11(9)10;1-2-4-5-3-1;1-3-2;/h3-8H,2H2,1H3;1-3H,4H2;3H,1-2H3;.